The molecule has 0 saturated heterocycles. The number of hydrogen-bond donors (Lipinski definition) is 2. The number of benzene rings is 4. The molecule has 0 radical (unpaired) electrons. The van der Waals surface area contributed by atoms with Gasteiger partial charge >= 0.3 is 0 Å². The van der Waals surface area contributed by atoms with E-state index < -0.39 is 0 Å². The van der Waals surface area contributed by atoms with E-state index in [1.165, 1.54) is 11.1 Å². The minimum Gasteiger partial charge on any atom is -0.493 e. The van der Waals surface area contributed by atoms with Crippen LogP contribution in [0.4, 0.5) is 0 Å². The fraction of sp³-hybridized carbons (Fsp3) is 0.278. The molecule has 0 bridgehead atoms. The third-order valence-electron chi connectivity index (χ3n) is 6.91. The number of rotatable bonds is 17. The summed E-state index contributed by atoms with van der Waals surface area (Å²) in [4.78, 5) is 24.8. The van der Waals surface area contributed by atoms with Crippen molar-refractivity contribution in [2.45, 2.75) is 38.5 Å². The summed E-state index contributed by atoms with van der Waals surface area (Å²) in [7, 11) is 0. The van der Waals surface area contributed by atoms with E-state index >= 15 is 0 Å². The lowest BCUT2D eigenvalue weighted by Gasteiger charge is -2.09. The first-order valence-corrected chi connectivity index (χ1v) is 14.8. The number of unbranched alkanes of at least 4 members (excludes halogenated alkanes) is 3. The SMILES string of the molecule is O=C(NCCCCCCNC(=O)c1ccc(OCCc2ccccc2)cc1)c1ccc(OCCc2ccccc2)cc1. The van der Waals surface area contributed by atoms with Gasteiger partial charge < -0.3 is 20.1 Å². The van der Waals surface area contributed by atoms with Gasteiger partial charge in [-0.25, -0.2) is 0 Å². The van der Waals surface area contributed by atoms with Crippen LogP contribution >= 0.6 is 0 Å². The van der Waals surface area contributed by atoms with Crippen LogP contribution < -0.4 is 20.1 Å². The Bertz CT molecular complexity index is 1230. The zero-order chi connectivity index (χ0) is 29.2. The van der Waals surface area contributed by atoms with Crippen molar-refractivity contribution in [2.24, 2.45) is 0 Å². The molecule has 0 aliphatic rings. The normalized spacial score (nSPS) is 10.6. The Morgan fingerprint density at radius 2 is 0.857 bits per heavy atom. The summed E-state index contributed by atoms with van der Waals surface area (Å²) in [6, 6.07) is 35.0. The van der Waals surface area contributed by atoms with Gasteiger partial charge in [-0.05, 0) is 72.5 Å². The van der Waals surface area contributed by atoms with Gasteiger partial charge in [-0.1, -0.05) is 73.5 Å². The fourth-order valence-corrected chi connectivity index (χ4v) is 4.48. The van der Waals surface area contributed by atoms with Crippen LogP contribution in [0.1, 0.15) is 57.5 Å². The molecule has 0 fully saturated rings. The summed E-state index contributed by atoms with van der Waals surface area (Å²) in [5, 5.41) is 5.96. The molecule has 6 heteroatoms. The Kier molecular flexibility index (Phi) is 12.5. The van der Waals surface area contributed by atoms with Gasteiger partial charge in [0.05, 0.1) is 13.2 Å². The Morgan fingerprint density at radius 1 is 0.476 bits per heavy atom. The lowest BCUT2D eigenvalue weighted by Crippen LogP contribution is -2.25. The summed E-state index contributed by atoms with van der Waals surface area (Å²) in [6.45, 7) is 2.44. The van der Waals surface area contributed by atoms with Crippen LogP contribution in [0.5, 0.6) is 11.5 Å². The number of carbonyl (C=O) groups is 2. The van der Waals surface area contributed by atoms with Crippen LogP contribution in [0.2, 0.25) is 0 Å². The molecule has 6 nitrogen and oxygen atoms in total. The molecular formula is C36H40N2O4. The van der Waals surface area contributed by atoms with Crippen LogP contribution in [0.25, 0.3) is 0 Å². The monoisotopic (exact) mass is 564 g/mol. The van der Waals surface area contributed by atoms with Gasteiger partial charge in [0.2, 0.25) is 0 Å². The number of hydrogen-bond acceptors (Lipinski definition) is 4. The average molecular weight is 565 g/mol. The Labute approximate surface area is 249 Å². The molecule has 4 aromatic rings. The summed E-state index contributed by atoms with van der Waals surface area (Å²) in [5.41, 5.74) is 3.72. The highest BCUT2D eigenvalue weighted by atomic mass is 16.5. The van der Waals surface area contributed by atoms with E-state index in [0.717, 1.165) is 50.0 Å². The second-order valence-corrected chi connectivity index (χ2v) is 10.1. The molecule has 4 aromatic carbocycles. The number of carbonyl (C=O) groups excluding carboxylic acids is 2. The van der Waals surface area contributed by atoms with Gasteiger partial charge in [-0.15, -0.1) is 0 Å². The highest BCUT2D eigenvalue weighted by Gasteiger charge is 2.07. The van der Waals surface area contributed by atoms with Crippen LogP contribution in [-0.4, -0.2) is 38.1 Å². The van der Waals surface area contributed by atoms with E-state index in [1.807, 2.05) is 60.7 Å². The van der Waals surface area contributed by atoms with Crippen molar-refractivity contribution in [3.05, 3.63) is 131 Å². The van der Waals surface area contributed by atoms with Crippen molar-refractivity contribution in [1.82, 2.24) is 10.6 Å². The molecule has 42 heavy (non-hydrogen) atoms. The maximum atomic E-state index is 12.4. The molecule has 0 spiro atoms. The summed E-state index contributed by atoms with van der Waals surface area (Å²) in [5.74, 6) is 1.36. The molecule has 0 heterocycles. The molecule has 0 aliphatic carbocycles. The van der Waals surface area contributed by atoms with E-state index in [0.29, 0.717) is 37.4 Å². The van der Waals surface area contributed by atoms with E-state index in [-0.39, 0.29) is 11.8 Å². The van der Waals surface area contributed by atoms with E-state index in [4.69, 9.17) is 9.47 Å². The molecule has 0 saturated carbocycles. The maximum absolute atomic E-state index is 12.4. The lowest BCUT2D eigenvalue weighted by molar-refractivity contribution is 0.0943. The van der Waals surface area contributed by atoms with E-state index in [9.17, 15) is 9.59 Å². The molecule has 218 valence electrons. The minimum atomic E-state index is -0.0780. The first-order valence-electron chi connectivity index (χ1n) is 14.8. The minimum absolute atomic E-state index is 0.0780. The van der Waals surface area contributed by atoms with Crippen molar-refractivity contribution in [2.75, 3.05) is 26.3 Å². The lowest BCUT2D eigenvalue weighted by atomic mass is 10.1. The summed E-state index contributed by atoms with van der Waals surface area (Å²) < 4.78 is 11.6. The third-order valence-corrected chi connectivity index (χ3v) is 6.91. The molecule has 0 aliphatic heterocycles. The fourth-order valence-electron chi connectivity index (χ4n) is 4.48. The molecule has 4 rings (SSSR count). The largest absolute Gasteiger partial charge is 0.493 e. The topological polar surface area (TPSA) is 76.7 Å². The van der Waals surface area contributed by atoms with Gasteiger partial charge in [0.15, 0.2) is 0 Å². The summed E-state index contributed by atoms with van der Waals surface area (Å²) in [6.07, 6.45) is 5.45. The molecular weight excluding hydrogens is 524 g/mol. The van der Waals surface area contributed by atoms with E-state index in [2.05, 4.69) is 34.9 Å². The van der Waals surface area contributed by atoms with Crippen molar-refractivity contribution < 1.29 is 19.1 Å². The number of nitrogens with one attached hydrogen (secondary N) is 2. The van der Waals surface area contributed by atoms with Crippen LogP contribution in [0.15, 0.2) is 109 Å². The Balaban J connectivity index is 1.01. The predicted octanol–water partition coefficient (Wildman–Crippen LogP) is 6.65. The number of ether oxygens (including phenoxy) is 2. The second-order valence-electron chi connectivity index (χ2n) is 10.1. The predicted molar refractivity (Wildman–Crippen MR) is 167 cm³/mol. The standard InChI is InChI=1S/C36H40N2O4/c39-35(31-15-19-33(20-16-31)41-27-23-29-11-5-3-6-12-29)37-25-9-1-2-10-26-38-36(40)32-17-21-34(22-18-32)42-28-24-30-13-7-4-8-14-30/h3-8,11-22H,1-2,9-10,23-28H2,(H,37,39)(H,38,40). The molecule has 2 N–H and O–H groups in total. The van der Waals surface area contributed by atoms with Crippen molar-refractivity contribution in [3.63, 3.8) is 0 Å². The number of amides is 2. The van der Waals surface area contributed by atoms with E-state index in [1.54, 1.807) is 24.3 Å². The molecule has 2 amide bonds. The maximum Gasteiger partial charge on any atom is 0.251 e. The zero-order valence-electron chi connectivity index (χ0n) is 24.1. The third kappa shape index (κ3) is 10.8. The molecule has 0 atom stereocenters. The zero-order valence-corrected chi connectivity index (χ0v) is 24.1. The second kappa shape index (κ2) is 17.3. The average Bonchev–Trinajstić information content (AvgIpc) is 3.04. The summed E-state index contributed by atoms with van der Waals surface area (Å²) >= 11 is 0. The highest BCUT2D eigenvalue weighted by molar-refractivity contribution is 5.94. The Hall–Kier alpha value is -4.58. The van der Waals surface area contributed by atoms with Crippen molar-refractivity contribution in [1.29, 1.82) is 0 Å². The van der Waals surface area contributed by atoms with Gasteiger partial charge in [0.25, 0.3) is 11.8 Å². The van der Waals surface area contributed by atoms with Crippen LogP contribution in [0.3, 0.4) is 0 Å². The van der Waals surface area contributed by atoms with Gasteiger partial charge in [0.1, 0.15) is 11.5 Å². The van der Waals surface area contributed by atoms with Crippen molar-refractivity contribution in [3.8, 4) is 11.5 Å². The van der Waals surface area contributed by atoms with Gasteiger partial charge in [-0.3, -0.25) is 9.59 Å². The first-order chi connectivity index (χ1) is 20.7. The molecule has 0 aromatic heterocycles. The van der Waals surface area contributed by atoms with Gasteiger partial charge in [-0.2, -0.15) is 0 Å². The van der Waals surface area contributed by atoms with Gasteiger partial charge in [0, 0.05) is 37.1 Å². The quantitative estimate of drug-likeness (QED) is 0.141. The first kappa shape index (κ1) is 30.4. The smallest absolute Gasteiger partial charge is 0.251 e. The highest BCUT2D eigenvalue weighted by Crippen LogP contribution is 2.14. The van der Waals surface area contributed by atoms with Crippen LogP contribution in [-0.2, 0) is 12.8 Å². The Morgan fingerprint density at radius 3 is 1.24 bits per heavy atom. The van der Waals surface area contributed by atoms with Crippen molar-refractivity contribution >= 4 is 11.8 Å². The van der Waals surface area contributed by atoms with Crippen LogP contribution in [0, 0.1) is 0 Å². The molecule has 0 unspecified atom stereocenters.